The largest absolute Gasteiger partial charge is 0.352 e. The molecule has 0 spiro atoms. The minimum absolute atomic E-state index is 0.0683. The van der Waals surface area contributed by atoms with E-state index in [1.54, 1.807) is 29.2 Å². The molecular formula is C25H26ClN3O4S. The summed E-state index contributed by atoms with van der Waals surface area (Å²) in [7, 11) is -3.65. The van der Waals surface area contributed by atoms with E-state index in [1.165, 1.54) is 4.31 Å². The normalized spacial score (nSPS) is 14.8. The molecule has 2 amide bonds. The van der Waals surface area contributed by atoms with Crippen molar-refractivity contribution in [2.24, 2.45) is 0 Å². The highest BCUT2D eigenvalue weighted by Gasteiger charge is 2.30. The van der Waals surface area contributed by atoms with Gasteiger partial charge in [0.05, 0.1) is 4.90 Å². The van der Waals surface area contributed by atoms with Crippen LogP contribution in [0.15, 0.2) is 71.6 Å². The van der Waals surface area contributed by atoms with Crippen LogP contribution in [-0.4, -0.2) is 55.6 Å². The lowest BCUT2D eigenvalue weighted by Gasteiger charge is -2.34. The Hall–Kier alpha value is -2.94. The Kier molecular flexibility index (Phi) is 7.50. The first-order chi connectivity index (χ1) is 16.3. The molecule has 7 nitrogen and oxygen atoms in total. The number of amides is 2. The molecular weight excluding hydrogens is 474 g/mol. The number of nitrogens with zero attached hydrogens (tertiary/aromatic N) is 2. The molecule has 1 N–H and O–H groups in total. The zero-order chi connectivity index (χ0) is 24.1. The minimum Gasteiger partial charge on any atom is -0.352 e. The molecule has 0 radical (unpaired) electrons. The number of nitrogens with one attached hydrogen (secondary N) is 1. The van der Waals surface area contributed by atoms with Gasteiger partial charge in [0.25, 0.3) is 0 Å². The highest BCUT2D eigenvalue weighted by atomic mass is 35.5. The van der Waals surface area contributed by atoms with Crippen molar-refractivity contribution < 1.29 is 18.0 Å². The van der Waals surface area contributed by atoms with Gasteiger partial charge in [0.15, 0.2) is 0 Å². The fourth-order valence-corrected chi connectivity index (χ4v) is 5.62. The van der Waals surface area contributed by atoms with Crippen molar-refractivity contribution in [3.8, 4) is 0 Å². The summed E-state index contributed by atoms with van der Waals surface area (Å²) in [5, 5.41) is 5.20. The minimum atomic E-state index is -3.65. The number of hydrogen-bond acceptors (Lipinski definition) is 4. The summed E-state index contributed by atoms with van der Waals surface area (Å²) in [6.07, 6.45) is 0.144. The molecule has 1 fully saturated rings. The monoisotopic (exact) mass is 499 g/mol. The first-order valence-electron chi connectivity index (χ1n) is 11.1. The van der Waals surface area contributed by atoms with Crippen LogP contribution in [0.5, 0.6) is 0 Å². The van der Waals surface area contributed by atoms with E-state index in [4.69, 9.17) is 11.6 Å². The van der Waals surface area contributed by atoms with Gasteiger partial charge in [0, 0.05) is 50.6 Å². The second kappa shape index (κ2) is 10.5. The molecule has 0 saturated carbocycles. The zero-order valence-corrected chi connectivity index (χ0v) is 20.2. The predicted molar refractivity (Wildman–Crippen MR) is 132 cm³/mol. The highest BCUT2D eigenvalue weighted by Crippen LogP contribution is 2.23. The Bertz CT molecular complexity index is 1300. The smallest absolute Gasteiger partial charge is 0.243 e. The van der Waals surface area contributed by atoms with Gasteiger partial charge in [-0.1, -0.05) is 60.1 Å². The fraction of sp³-hybridized carbons (Fsp3) is 0.280. The van der Waals surface area contributed by atoms with Gasteiger partial charge in [-0.05, 0) is 34.5 Å². The van der Waals surface area contributed by atoms with Crippen LogP contribution >= 0.6 is 11.6 Å². The molecule has 1 aliphatic heterocycles. The van der Waals surface area contributed by atoms with Gasteiger partial charge in [0.2, 0.25) is 21.8 Å². The Labute approximate surface area is 204 Å². The molecule has 3 aromatic rings. The molecule has 34 heavy (non-hydrogen) atoms. The van der Waals surface area contributed by atoms with Crippen LogP contribution < -0.4 is 5.32 Å². The highest BCUT2D eigenvalue weighted by molar-refractivity contribution is 7.89. The number of sulfonamides is 1. The van der Waals surface area contributed by atoms with Crippen LogP contribution in [0.4, 0.5) is 0 Å². The average Bonchev–Trinajstić information content (AvgIpc) is 2.86. The first kappa shape index (κ1) is 24.2. The summed E-state index contributed by atoms with van der Waals surface area (Å²) in [5.74, 6) is -0.388. The fourth-order valence-electron chi connectivity index (χ4n) is 3.96. The van der Waals surface area contributed by atoms with E-state index in [0.717, 1.165) is 16.3 Å². The maximum Gasteiger partial charge on any atom is 0.243 e. The number of halogens is 1. The van der Waals surface area contributed by atoms with E-state index < -0.39 is 10.0 Å². The van der Waals surface area contributed by atoms with Crippen LogP contribution in [0.25, 0.3) is 10.8 Å². The summed E-state index contributed by atoms with van der Waals surface area (Å²) >= 11 is 6.09. The Morgan fingerprint density at radius 3 is 2.26 bits per heavy atom. The van der Waals surface area contributed by atoms with Crippen molar-refractivity contribution in [2.45, 2.75) is 24.3 Å². The van der Waals surface area contributed by atoms with Gasteiger partial charge in [-0.25, -0.2) is 8.42 Å². The molecule has 4 rings (SSSR count). The van der Waals surface area contributed by atoms with E-state index >= 15 is 0 Å². The number of rotatable bonds is 7. The van der Waals surface area contributed by atoms with Gasteiger partial charge in [-0.2, -0.15) is 4.31 Å². The zero-order valence-electron chi connectivity index (χ0n) is 18.6. The van der Waals surface area contributed by atoms with Crippen LogP contribution in [-0.2, 0) is 26.2 Å². The maximum atomic E-state index is 13.1. The molecule has 0 unspecified atom stereocenters. The number of carbonyl (C=O) groups is 2. The van der Waals surface area contributed by atoms with E-state index in [2.05, 4.69) is 5.32 Å². The van der Waals surface area contributed by atoms with Gasteiger partial charge in [0.1, 0.15) is 0 Å². The molecule has 0 aliphatic carbocycles. The lowest BCUT2D eigenvalue weighted by atomic mass is 10.1. The molecule has 1 saturated heterocycles. The first-order valence-corrected chi connectivity index (χ1v) is 12.9. The molecule has 1 heterocycles. The van der Waals surface area contributed by atoms with Crippen molar-refractivity contribution in [3.05, 3.63) is 77.3 Å². The summed E-state index contributed by atoms with van der Waals surface area (Å²) in [4.78, 5) is 26.6. The standard InChI is InChI=1S/C25H26ClN3O4S/c26-23-8-4-3-7-21(23)18-27-24(30)11-12-25(31)28-13-15-29(16-14-28)34(32,33)22-10-9-19-5-1-2-6-20(19)17-22/h1-10,17H,11-16,18H2,(H,27,30). The third kappa shape index (κ3) is 5.58. The molecule has 9 heteroatoms. The van der Waals surface area contributed by atoms with Crippen LogP contribution in [0.2, 0.25) is 5.02 Å². The molecule has 3 aromatic carbocycles. The molecule has 178 valence electrons. The molecule has 1 aliphatic rings. The van der Waals surface area contributed by atoms with Crippen LogP contribution in [0.1, 0.15) is 18.4 Å². The number of carbonyl (C=O) groups excluding carboxylic acids is 2. The van der Waals surface area contributed by atoms with Crippen molar-refractivity contribution in [1.29, 1.82) is 0 Å². The molecule has 0 aromatic heterocycles. The topological polar surface area (TPSA) is 86.8 Å². The number of fused-ring (bicyclic) bond motifs is 1. The average molecular weight is 500 g/mol. The van der Waals surface area contributed by atoms with E-state index in [0.29, 0.717) is 24.7 Å². The Morgan fingerprint density at radius 1 is 0.853 bits per heavy atom. The molecule has 0 atom stereocenters. The lowest BCUT2D eigenvalue weighted by Crippen LogP contribution is -2.50. The lowest BCUT2D eigenvalue weighted by molar-refractivity contribution is -0.134. The van der Waals surface area contributed by atoms with E-state index in [-0.39, 0.29) is 42.6 Å². The predicted octanol–water partition coefficient (Wildman–Crippen LogP) is 3.42. The number of benzene rings is 3. The second-order valence-corrected chi connectivity index (χ2v) is 10.5. The summed E-state index contributed by atoms with van der Waals surface area (Å²) in [5.41, 5.74) is 0.813. The third-order valence-electron chi connectivity index (χ3n) is 5.95. The van der Waals surface area contributed by atoms with Crippen molar-refractivity contribution in [2.75, 3.05) is 26.2 Å². The van der Waals surface area contributed by atoms with Gasteiger partial charge >= 0.3 is 0 Å². The van der Waals surface area contributed by atoms with Gasteiger partial charge < -0.3 is 10.2 Å². The quantitative estimate of drug-likeness (QED) is 0.539. The maximum absolute atomic E-state index is 13.1. The van der Waals surface area contributed by atoms with E-state index in [9.17, 15) is 18.0 Å². The summed E-state index contributed by atoms with van der Waals surface area (Å²) in [6, 6.07) is 20.0. The van der Waals surface area contributed by atoms with E-state index in [1.807, 2.05) is 42.5 Å². The second-order valence-electron chi connectivity index (χ2n) is 8.16. The summed E-state index contributed by atoms with van der Waals surface area (Å²) < 4.78 is 27.6. The summed E-state index contributed by atoms with van der Waals surface area (Å²) in [6.45, 7) is 1.34. The number of piperazine rings is 1. The van der Waals surface area contributed by atoms with Crippen LogP contribution in [0, 0.1) is 0 Å². The van der Waals surface area contributed by atoms with Gasteiger partial charge in [-0.15, -0.1) is 0 Å². The Morgan fingerprint density at radius 2 is 1.53 bits per heavy atom. The Balaban J connectivity index is 1.26. The van der Waals surface area contributed by atoms with Crippen molar-refractivity contribution in [1.82, 2.24) is 14.5 Å². The number of hydrogen-bond donors (Lipinski definition) is 1. The van der Waals surface area contributed by atoms with Crippen molar-refractivity contribution in [3.63, 3.8) is 0 Å². The van der Waals surface area contributed by atoms with Crippen molar-refractivity contribution >= 4 is 44.2 Å². The van der Waals surface area contributed by atoms with Crippen LogP contribution in [0.3, 0.4) is 0 Å². The third-order valence-corrected chi connectivity index (χ3v) is 8.21. The van der Waals surface area contributed by atoms with Gasteiger partial charge in [-0.3, -0.25) is 9.59 Å². The SMILES string of the molecule is O=C(CCC(=O)N1CCN(S(=O)(=O)c2ccc3ccccc3c2)CC1)NCc1ccccc1Cl. The molecule has 0 bridgehead atoms.